The lowest BCUT2D eigenvalue weighted by Gasteiger charge is -2.24. The van der Waals surface area contributed by atoms with Crippen molar-refractivity contribution in [3.05, 3.63) is 23.8 Å². The zero-order valence-electron chi connectivity index (χ0n) is 16.5. The lowest BCUT2D eigenvalue weighted by molar-refractivity contribution is -0.131. The Morgan fingerprint density at radius 1 is 1.26 bits per heavy atom. The van der Waals surface area contributed by atoms with E-state index < -0.39 is 0 Å². The second-order valence-electron chi connectivity index (χ2n) is 6.64. The molecule has 0 aromatic heterocycles. The predicted molar refractivity (Wildman–Crippen MR) is 102 cm³/mol. The number of nitrogens with one attached hydrogen (secondary N) is 1. The van der Waals surface area contributed by atoms with Gasteiger partial charge in [0.15, 0.2) is 11.5 Å². The van der Waals surface area contributed by atoms with Crippen molar-refractivity contribution in [3.63, 3.8) is 0 Å². The first-order valence-electron chi connectivity index (χ1n) is 9.38. The lowest BCUT2D eigenvalue weighted by atomic mass is 10.1. The first kappa shape index (κ1) is 21.0. The summed E-state index contributed by atoms with van der Waals surface area (Å²) in [5.74, 6) is 1.29. The van der Waals surface area contributed by atoms with E-state index >= 15 is 0 Å². The maximum Gasteiger partial charge on any atom is 0.220 e. The van der Waals surface area contributed by atoms with E-state index in [1.165, 1.54) is 0 Å². The summed E-state index contributed by atoms with van der Waals surface area (Å²) < 4.78 is 16.1. The fourth-order valence-electron chi connectivity index (χ4n) is 3.12. The maximum atomic E-state index is 12.1. The van der Waals surface area contributed by atoms with Crippen LogP contribution in [0.5, 0.6) is 11.5 Å². The average Bonchev–Trinajstić information content (AvgIpc) is 3.18. The number of hydrogen-bond acceptors (Lipinski definition) is 5. The Hall–Kier alpha value is -2.28. The van der Waals surface area contributed by atoms with Crippen molar-refractivity contribution in [1.82, 2.24) is 10.2 Å². The minimum absolute atomic E-state index is 0.00470. The van der Waals surface area contributed by atoms with Crippen LogP contribution in [0.25, 0.3) is 0 Å². The zero-order valence-corrected chi connectivity index (χ0v) is 16.5. The molecule has 27 heavy (non-hydrogen) atoms. The van der Waals surface area contributed by atoms with Crippen LogP contribution in [0.3, 0.4) is 0 Å². The SMILES string of the molecule is COc1ccc(CCC(=O)NCCN(CC2CCCO2)C(C)=O)cc1OC. The van der Waals surface area contributed by atoms with E-state index in [0.717, 1.165) is 25.0 Å². The number of rotatable bonds is 10. The van der Waals surface area contributed by atoms with Crippen molar-refractivity contribution in [3.8, 4) is 11.5 Å². The highest BCUT2D eigenvalue weighted by molar-refractivity contribution is 5.76. The Morgan fingerprint density at radius 2 is 2.04 bits per heavy atom. The Kier molecular flexibility index (Phi) is 8.39. The molecule has 7 nitrogen and oxygen atoms in total. The van der Waals surface area contributed by atoms with Gasteiger partial charge in [0.2, 0.25) is 11.8 Å². The lowest BCUT2D eigenvalue weighted by Crippen LogP contribution is -2.41. The number of carbonyl (C=O) groups is 2. The van der Waals surface area contributed by atoms with Crippen molar-refractivity contribution in [2.45, 2.75) is 38.7 Å². The van der Waals surface area contributed by atoms with E-state index in [0.29, 0.717) is 44.0 Å². The van der Waals surface area contributed by atoms with Crippen molar-refractivity contribution in [2.75, 3.05) is 40.5 Å². The van der Waals surface area contributed by atoms with E-state index in [2.05, 4.69) is 5.32 Å². The molecule has 2 amide bonds. The van der Waals surface area contributed by atoms with Gasteiger partial charge in [0, 0.05) is 39.6 Å². The van der Waals surface area contributed by atoms with E-state index in [1.807, 2.05) is 18.2 Å². The second kappa shape index (κ2) is 10.8. The number of carbonyl (C=O) groups excluding carboxylic acids is 2. The summed E-state index contributed by atoms with van der Waals surface area (Å²) in [6, 6.07) is 5.64. The van der Waals surface area contributed by atoms with E-state index in [9.17, 15) is 9.59 Å². The maximum absolute atomic E-state index is 12.1. The van der Waals surface area contributed by atoms with Crippen molar-refractivity contribution >= 4 is 11.8 Å². The largest absolute Gasteiger partial charge is 0.493 e. The standard InChI is InChI=1S/C20H30N2O5/c1-15(23)22(14-17-5-4-12-27-17)11-10-21-20(24)9-7-16-6-8-18(25-2)19(13-16)26-3/h6,8,13,17H,4-5,7,9-12,14H2,1-3H3,(H,21,24). The van der Waals surface area contributed by atoms with Gasteiger partial charge in [-0.05, 0) is 37.0 Å². The summed E-state index contributed by atoms with van der Waals surface area (Å²) in [5, 5.41) is 2.88. The zero-order chi connectivity index (χ0) is 19.6. The highest BCUT2D eigenvalue weighted by Crippen LogP contribution is 2.27. The molecular formula is C20H30N2O5. The first-order valence-corrected chi connectivity index (χ1v) is 9.38. The van der Waals surface area contributed by atoms with Gasteiger partial charge in [0.1, 0.15) is 0 Å². The monoisotopic (exact) mass is 378 g/mol. The summed E-state index contributed by atoms with van der Waals surface area (Å²) in [7, 11) is 3.18. The highest BCUT2D eigenvalue weighted by Gasteiger charge is 2.20. The number of hydrogen-bond donors (Lipinski definition) is 1. The fraction of sp³-hybridized carbons (Fsp3) is 0.600. The van der Waals surface area contributed by atoms with E-state index in [-0.39, 0.29) is 17.9 Å². The molecule has 1 aromatic rings. The summed E-state index contributed by atoms with van der Waals surface area (Å²) in [6.07, 6.45) is 3.14. The van der Waals surface area contributed by atoms with Gasteiger partial charge in [-0.15, -0.1) is 0 Å². The number of aryl methyl sites for hydroxylation is 1. The van der Waals surface area contributed by atoms with Gasteiger partial charge < -0.3 is 24.4 Å². The topological polar surface area (TPSA) is 77.1 Å². The molecule has 1 unspecified atom stereocenters. The van der Waals surface area contributed by atoms with Crippen LogP contribution in [0.1, 0.15) is 31.7 Å². The Balaban J connectivity index is 1.72. The first-order chi connectivity index (χ1) is 13.0. The van der Waals surface area contributed by atoms with Gasteiger partial charge >= 0.3 is 0 Å². The highest BCUT2D eigenvalue weighted by atomic mass is 16.5. The number of methoxy groups -OCH3 is 2. The summed E-state index contributed by atoms with van der Waals surface area (Å²) in [6.45, 7) is 3.85. The van der Waals surface area contributed by atoms with Crippen LogP contribution >= 0.6 is 0 Å². The molecule has 0 radical (unpaired) electrons. The van der Waals surface area contributed by atoms with Gasteiger partial charge in [-0.2, -0.15) is 0 Å². The van der Waals surface area contributed by atoms with Crippen LogP contribution in [0.2, 0.25) is 0 Å². The molecule has 1 heterocycles. The van der Waals surface area contributed by atoms with E-state index in [1.54, 1.807) is 26.0 Å². The van der Waals surface area contributed by atoms with Gasteiger partial charge in [0.25, 0.3) is 0 Å². The van der Waals surface area contributed by atoms with Crippen LogP contribution in [-0.2, 0) is 20.7 Å². The molecular weight excluding hydrogens is 348 g/mol. The third-order valence-electron chi connectivity index (χ3n) is 4.69. The molecule has 0 spiro atoms. The van der Waals surface area contributed by atoms with Crippen molar-refractivity contribution in [2.24, 2.45) is 0 Å². The van der Waals surface area contributed by atoms with Gasteiger partial charge in [-0.1, -0.05) is 6.07 Å². The molecule has 0 saturated carbocycles. The number of benzene rings is 1. The molecule has 1 saturated heterocycles. The van der Waals surface area contributed by atoms with Crippen LogP contribution in [0.4, 0.5) is 0 Å². The smallest absolute Gasteiger partial charge is 0.220 e. The quantitative estimate of drug-likeness (QED) is 0.672. The molecule has 1 fully saturated rings. The molecule has 150 valence electrons. The molecule has 1 N–H and O–H groups in total. The van der Waals surface area contributed by atoms with Gasteiger partial charge in [-0.3, -0.25) is 9.59 Å². The Bertz CT molecular complexity index is 629. The predicted octanol–water partition coefficient (Wildman–Crippen LogP) is 1.78. The molecule has 0 aliphatic carbocycles. The minimum Gasteiger partial charge on any atom is -0.493 e. The summed E-state index contributed by atoms with van der Waals surface area (Å²) in [5.41, 5.74) is 1.01. The normalized spacial score (nSPS) is 16.0. The summed E-state index contributed by atoms with van der Waals surface area (Å²) in [4.78, 5) is 25.6. The van der Waals surface area contributed by atoms with Gasteiger partial charge in [-0.25, -0.2) is 0 Å². The molecule has 1 aliphatic rings. The van der Waals surface area contributed by atoms with Crippen LogP contribution in [-0.4, -0.2) is 63.3 Å². The van der Waals surface area contributed by atoms with Crippen molar-refractivity contribution in [1.29, 1.82) is 0 Å². The average molecular weight is 378 g/mol. The third-order valence-corrected chi connectivity index (χ3v) is 4.69. The second-order valence-corrected chi connectivity index (χ2v) is 6.64. The van der Waals surface area contributed by atoms with Crippen LogP contribution in [0.15, 0.2) is 18.2 Å². The number of ether oxygens (including phenoxy) is 3. The van der Waals surface area contributed by atoms with Crippen LogP contribution in [0, 0.1) is 0 Å². The van der Waals surface area contributed by atoms with Crippen LogP contribution < -0.4 is 14.8 Å². The molecule has 1 aromatic carbocycles. The molecule has 1 aliphatic heterocycles. The molecule has 1 atom stereocenters. The third kappa shape index (κ3) is 6.75. The number of nitrogens with zero attached hydrogens (tertiary/aromatic N) is 1. The Morgan fingerprint density at radius 3 is 2.67 bits per heavy atom. The fourth-order valence-corrected chi connectivity index (χ4v) is 3.12. The summed E-state index contributed by atoms with van der Waals surface area (Å²) >= 11 is 0. The van der Waals surface area contributed by atoms with Gasteiger partial charge in [0.05, 0.1) is 20.3 Å². The number of amides is 2. The van der Waals surface area contributed by atoms with E-state index in [4.69, 9.17) is 14.2 Å². The Labute approximate surface area is 161 Å². The molecule has 0 bridgehead atoms. The molecule has 7 heteroatoms. The molecule has 2 rings (SSSR count). The minimum atomic E-state index is -0.0367. The van der Waals surface area contributed by atoms with Crippen molar-refractivity contribution < 1.29 is 23.8 Å².